The van der Waals surface area contributed by atoms with E-state index in [-0.39, 0.29) is 24.3 Å². The standard InChI is InChI=1S/C11H20N4O2/c1-3-4-9-13-10(15-14-9)11(17)12-7-8(2)5-6-16/h8,16H,3-7H2,1-2H3,(H,12,17)(H,13,14,15). The van der Waals surface area contributed by atoms with Crippen LogP contribution < -0.4 is 5.32 Å². The molecule has 0 bridgehead atoms. The molecule has 0 saturated carbocycles. The second-order valence-electron chi connectivity index (χ2n) is 4.18. The quantitative estimate of drug-likeness (QED) is 0.647. The zero-order chi connectivity index (χ0) is 12.7. The van der Waals surface area contributed by atoms with Crippen LogP contribution in [0.25, 0.3) is 0 Å². The number of nitrogens with one attached hydrogen (secondary N) is 2. The molecule has 1 amide bonds. The van der Waals surface area contributed by atoms with Crippen LogP contribution in [-0.4, -0.2) is 39.3 Å². The molecule has 0 radical (unpaired) electrons. The number of aliphatic hydroxyl groups is 1. The highest BCUT2D eigenvalue weighted by atomic mass is 16.3. The number of carbonyl (C=O) groups excluding carboxylic acids is 1. The summed E-state index contributed by atoms with van der Waals surface area (Å²) in [5.41, 5.74) is 0. The van der Waals surface area contributed by atoms with Crippen molar-refractivity contribution in [2.24, 2.45) is 5.92 Å². The summed E-state index contributed by atoms with van der Waals surface area (Å²) in [5, 5.41) is 18.1. The Bertz CT molecular complexity index is 351. The Morgan fingerprint density at radius 2 is 2.35 bits per heavy atom. The zero-order valence-corrected chi connectivity index (χ0v) is 10.4. The van der Waals surface area contributed by atoms with Crippen LogP contribution in [0.1, 0.15) is 43.1 Å². The number of carbonyl (C=O) groups is 1. The van der Waals surface area contributed by atoms with Crippen LogP contribution in [0.15, 0.2) is 0 Å². The summed E-state index contributed by atoms with van der Waals surface area (Å²) in [6, 6.07) is 0. The van der Waals surface area contributed by atoms with Gasteiger partial charge in [0, 0.05) is 19.6 Å². The van der Waals surface area contributed by atoms with Crippen molar-refractivity contribution in [2.75, 3.05) is 13.2 Å². The molecule has 1 atom stereocenters. The van der Waals surface area contributed by atoms with Crippen molar-refractivity contribution >= 4 is 5.91 Å². The molecule has 1 rings (SSSR count). The van der Waals surface area contributed by atoms with Gasteiger partial charge in [-0.2, -0.15) is 0 Å². The zero-order valence-electron chi connectivity index (χ0n) is 10.4. The fourth-order valence-corrected chi connectivity index (χ4v) is 1.41. The van der Waals surface area contributed by atoms with Crippen LogP contribution in [0.5, 0.6) is 0 Å². The predicted molar refractivity (Wildman–Crippen MR) is 63.6 cm³/mol. The molecule has 0 fully saturated rings. The van der Waals surface area contributed by atoms with Crippen molar-refractivity contribution in [1.82, 2.24) is 20.5 Å². The number of hydrogen-bond donors (Lipinski definition) is 3. The molecule has 0 aliphatic carbocycles. The van der Waals surface area contributed by atoms with E-state index in [1.165, 1.54) is 0 Å². The van der Waals surface area contributed by atoms with Gasteiger partial charge in [-0.05, 0) is 18.8 Å². The molecule has 0 aliphatic heterocycles. The lowest BCUT2D eigenvalue weighted by Gasteiger charge is -2.09. The first-order valence-corrected chi connectivity index (χ1v) is 5.97. The number of H-pyrrole nitrogens is 1. The summed E-state index contributed by atoms with van der Waals surface area (Å²) in [7, 11) is 0. The number of aryl methyl sites for hydroxylation is 1. The smallest absolute Gasteiger partial charge is 0.290 e. The lowest BCUT2D eigenvalue weighted by Crippen LogP contribution is -2.29. The Morgan fingerprint density at radius 3 is 3.00 bits per heavy atom. The van der Waals surface area contributed by atoms with Crippen molar-refractivity contribution in [2.45, 2.75) is 33.1 Å². The lowest BCUT2D eigenvalue weighted by molar-refractivity contribution is 0.0935. The summed E-state index contributed by atoms with van der Waals surface area (Å²) in [6.45, 7) is 4.67. The minimum Gasteiger partial charge on any atom is -0.396 e. The van der Waals surface area contributed by atoms with E-state index in [4.69, 9.17) is 5.11 Å². The molecule has 17 heavy (non-hydrogen) atoms. The molecule has 0 saturated heterocycles. The largest absolute Gasteiger partial charge is 0.396 e. The van der Waals surface area contributed by atoms with E-state index in [1.807, 2.05) is 13.8 Å². The van der Waals surface area contributed by atoms with Crippen LogP contribution in [0.4, 0.5) is 0 Å². The fraction of sp³-hybridized carbons (Fsp3) is 0.727. The average Bonchev–Trinajstić information content (AvgIpc) is 2.75. The Morgan fingerprint density at radius 1 is 1.59 bits per heavy atom. The van der Waals surface area contributed by atoms with E-state index < -0.39 is 0 Å². The van der Waals surface area contributed by atoms with Gasteiger partial charge in [-0.3, -0.25) is 9.89 Å². The third-order valence-corrected chi connectivity index (χ3v) is 2.45. The molecular weight excluding hydrogens is 220 g/mol. The van der Waals surface area contributed by atoms with Crippen LogP contribution >= 0.6 is 0 Å². The molecule has 6 heteroatoms. The molecule has 1 aromatic heterocycles. The highest BCUT2D eigenvalue weighted by molar-refractivity contribution is 5.90. The van der Waals surface area contributed by atoms with E-state index in [9.17, 15) is 4.79 Å². The highest BCUT2D eigenvalue weighted by Crippen LogP contribution is 2.00. The van der Waals surface area contributed by atoms with Crippen molar-refractivity contribution in [3.8, 4) is 0 Å². The topological polar surface area (TPSA) is 90.9 Å². The number of aromatic nitrogens is 3. The van der Waals surface area contributed by atoms with E-state index in [0.29, 0.717) is 13.0 Å². The van der Waals surface area contributed by atoms with Gasteiger partial charge >= 0.3 is 0 Å². The molecule has 96 valence electrons. The SMILES string of the molecule is CCCc1nc(C(=O)NCC(C)CCO)n[nH]1. The number of nitrogens with zero attached hydrogens (tertiary/aromatic N) is 2. The van der Waals surface area contributed by atoms with Crippen LogP contribution in [-0.2, 0) is 6.42 Å². The Balaban J connectivity index is 2.40. The number of amides is 1. The normalized spacial score (nSPS) is 12.4. The first-order chi connectivity index (χ1) is 8.17. The molecule has 6 nitrogen and oxygen atoms in total. The molecule has 3 N–H and O–H groups in total. The van der Waals surface area contributed by atoms with Gasteiger partial charge in [0.05, 0.1) is 0 Å². The first-order valence-electron chi connectivity index (χ1n) is 5.97. The fourth-order valence-electron chi connectivity index (χ4n) is 1.41. The van der Waals surface area contributed by atoms with E-state index in [1.54, 1.807) is 0 Å². The van der Waals surface area contributed by atoms with Gasteiger partial charge < -0.3 is 10.4 Å². The van der Waals surface area contributed by atoms with Crippen molar-refractivity contribution < 1.29 is 9.90 Å². The van der Waals surface area contributed by atoms with Gasteiger partial charge in [0.25, 0.3) is 5.91 Å². The van der Waals surface area contributed by atoms with Gasteiger partial charge in [0.1, 0.15) is 5.82 Å². The molecule has 0 aliphatic rings. The summed E-state index contributed by atoms with van der Waals surface area (Å²) in [4.78, 5) is 15.7. The Hall–Kier alpha value is -1.43. The molecule has 0 spiro atoms. The number of hydrogen-bond acceptors (Lipinski definition) is 4. The van der Waals surface area contributed by atoms with Crippen LogP contribution in [0.3, 0.4) is 0 Å². The first kappa shape index (κ1) is 13.6. The maximum Gasteiger partial charge on any atom is 0.290 e. The summed E-state index contributed by atoms with van der Waals surface area (Å²) < 4.78 is 0. The lowest BCUT2D eigenvalue weighted by atomic mass is 10.1. The Kier molecular flexibility index (Phi) is 5.62. The monoisotopic (exact) mass is 240 g/mol. The third-order valence-electron chi connectivity index (χ3n) is 2.45. The van der Waals surface area contributed by atoms with Gasteiger partial charge in [0.2, 0.25) is 5.82 Å². The molecule has 1 unspecified atom stereocenters. The van der Waals surface area contributed by atoms with Gasteiger partial charge in [-0.1, -0.05) is 13.8 Å². The minimum absolute atomic E-state index is 0.137. The second-order valence-corrected chi connectivity index (χ2v) is 4.18. The van der Waals surface area contributed by atoms with Gasteiger partial charge in [-0.25, -0.2) is 4.98 Å². The molecule has 1 heterocycles. The number of rotatable bonds is 7. The highest BCUT2D eigenvalue weighted by Gasteiger charge is 2.12. The Labute approximate surface area is 101 Å². The summed E-state index contributed by atoms with van der Waals surface area (Å²) in [5.74, 6) is 0.900. The van der Waals surface area contributed by atoms with Crippen molar-refractivity contribution in [1.29, 1.82) is 0 Å². The molecule has 0 aromatic carbocycles. The summed E-state index contributed by atoms with van der Waals surface area (Å²) in [6.07, 6.45) is 2.43. The van der Waals surface area contributed by atoms with E-state index >= 15 is 0 Å². The number of aliphatic hydroxyl groups excluding tert-OH is 1. The molecular formula is C11H20N4O2. The van der Waals surface area contributed by atoms with Crippen LogP contribution in [0, 0.1) is 5.92 Å². The maximum absolute atomic E-state index is 11.7. The van der Waals surface area contributed by atoms with E-state index in [0.717, 1.165) is 18.7 Å². The van der Waals surface area contributed by atoms with Gasteiger partial charge in [0.15, 0.2) is 0 Å². The minimum atomic E-state index is -0.270. The predicted octanol–water partition coefficient (Wildman–Crippen LogP) is 0.505. The molecule has 1 aromatic rings. The average molecular weight is 240 g/mol. The van der Waals surface area contributed by atoms with Crippen LogP contribution in [0.2, 0.25) is 0 Å². The van der Waals surface area contributed by atoms with E-state index in [2.05, 4.69) is 20.5 Å². The van der Waals surface area contributed by atoms with Gasteiger partial charge in [-0.15, -0.1) is 5.10 Å². The maximum atomic E-state index is 11.7. The van der Waals surface area contributed by atoms with Crippen molar-refractivity contribution in [3.63, 3.8) is 0 Å². The number of aromatic amines is 1. The summed E-state index contributed by atoms with van der Waals surface area (Å²) >= 11 is 0. The second kappa shape index (κ2) is 7.01. The third kappa shape index (κ3) is 4.52. The van der Waals surface area contributed by atoms with Crippen molar-refractivity contribution in [3.05, 3.63) is 11.6 Å².